The summed E-state index contributed by atoms with van der Waals surface area (Å²) in [6.45, 7) is 1.87. The van der Waals surface area contributed by atoms with Crippen LogP contribution in [0.25, 0.3) is 0 Å². The van der Waals surface area contributed by atoms with E-state index in [-0.39, 0.29) is 18.3 Å². The Morgan fingerprint density at radius 1 is 1.17 bits per heavy atom. The third-order valence-corrected chi connectivity index (χ3v) is 4.15. The molecule has 0 unspecified atom stereocenters. The number of carbonyl (C=O) groups is 1. The van der Waals surface area contributed by atoms with Gasteiger partial charge in [-0.25, -0.2) is 0 Å². The second kappa shape index (κ2) is 7.49. The van der Waals surface area contributed by atoms with Crippen molar-refractivity contribution >= 4 is 18.3 Å². The molecule has 0 aliphatic carbocycles. The standard InChI is InChI=1S/C18H20N2O2.ClH/c1-22-17-7-6-14-8-9-20(12-16(14)10-17)18(21)15-4-2-13(11-19)3-5-15;/h2-7,10H,8-9,11-12,19H2,1H3;1H. The molecule has 5 heteroatoms. The van der Waals surface area contributed by atoms with E-state index in [1.165, 1.54) is 5.56 Å². The highest BCUT2D eigenvalue weighted by Crippen LogP contribution is 2.24. The van der Waals surface area contributed by atoms with E-state index in [1.54, 1.807) is 7.11 Å². The van der Waals surface area contributed by atoms with Gasteiger partial charge in [0.15, 0.2) is 0 Å². The lowest BCUT2D eigenvalue weighted by Crippen LogP contribution is -2.35. The summed E-state index contributed by atoms with van der Waals surface area (Å²) in [6.07, 6.45) is 0.881. The largest absolute Gasteiger partial charge is 0.497 e. The highest BCUT2D eigenvalue weighted by molar-refractivity contribution is 5.94. The van der Waals surface area contributed by atoms with Gasteiger partial charge >= 0.3 is 0 Å². The number of fused-ring (bicyclic) bond motifs is 1. The maximum atomic E-state index is 12.6. The molecule has 1 amide bonds. The summed E-state index contributed by atoms with van der Waals surface area (Å²) in [5.74, 6) is 0.900. The Kier molecular flexibility index (Phi) is 5.64. The Hall–Kier alpha value is -2.04. The number of ether oxygens (including phenoxy) is 1. The van der Waals surface area contributed by atoms with E-state index < -0.39 is 0 Å². The Labute approximate surface area is 142 Å². The third-order valence-electron chi connectivity index (χ3n) is 4.15. The number of halogens is 1. The van der Waals surface area contributed by atoms with Crippen molar-refractivity contribution in [1.82, 2.24) is 4.90 Å². The maximum absolute atomic E-state index is 12.6. The fraction of sp³-hybridized carbons (Fsp3) is 0.278. The number of carbonyl (C=O) groups excluding carboxylic acids is 1. The van der Waals surface area contributed by atoms with E-state index in [4.69, 9.17) is 10.5 Å². The number of hydrogen-bond donors (Lipinski definition) is 1. The Morgan fingerprint density at radius 3 is 2.57 bits per heavy atom. The number of nitrogens with two attached hydrogens (primary N) is 1. The van der Waals surface area contributed by atoms with Crippen LogP contribution in [0, 0.1) is 0 Å². The smallest absolute Gasteiger partial charge is 0.254 e. The normalized spacial score (nSPS) is 13.0. The lowest BCUT2D eigenvalue weighted by atomic mass is 9.98. The van der Waals surface area contributed by atoms with Gasteiger partial charge in [-0.3, -0.25) is 4.79 Å². The maximum Gasteiger partial charge on any atom is 0.254 e. The number of methoxy groups -OCH3 is 1. The van der Waals surface area contributed by atoms with Crippen LogP contribution in [0.2, 0.25) is 0 Å². The van der Waals surface area contributed by atoms with E-state index in [0.29, 0.717) is 18.7 Å². The zero-order chi connectivity index (χ0) is 15.5. The van der Waals surface area contributed by atoms with Gasteiger partial charge in [-0.15, -0.1) is 12.4 Å². The summed E-state index contributed by atoms with van der Waals surface area (Å²) < 4.78 is 5.27. The molecule has 0 saturated carbocycles. The van der Waals surface area contributed by atoms with E-state index in [0.717, 1.165) is 29.8 Å². The Morgan fingerprint density at radius 2 is 1.91 bits per heavy atom. The van der Waals surface area contributed by atoms with Crippen LogP contribution in [0.3, 0.4) is 0 Å². The van der Waals surface area contributed by atoms with E-state index >= 15 is 0 Å². The molecule has 2 aromatic carbocycles. The highest BCUT2D eigenvalue weighted by atomic mass is 35.5. The van der Waals surface area contributed by atoms with Crippen LogP contribution >= 0.6 is 12.4 Å². The average Bonchev–Trinajstić information content (AvgIpc) is 2.60. The van der Waals surface area contributed by atoms with Crippen molar-refractivity contribution in [3.63, 3.8) is 0 Å². The quantitative estimate of drug-likeness (QED) is 0.940. The number of amides is 1. The molecular formula is C18H21ClN2O2. The Bertz CT molecular complexity index is 686. The van der Waals surface area contributed by atoms with Crippen molar-refractivity contribution in [2.24, 2.45) is 5.73 Å². The van der Waals surface area contributed by atoms with Crippen molar-refractivity contribution in [3.05, 3.63) is 64.7 Å². The van der Waals surface area contributed by atoms with E-state index in [9.17, 15) is 4.79 Å². The first kappa shape index (κ1) is 17.3. The van der Waals surface area contributed by atoms with Gasteiger partial charge in [0, 0.05) is 25.2 Å². The molecule has 0 saturated heterocycles. The number of nitrogens with zero attached hydrogens (tertiary/aromatic N) is 1. The summed E-state index contributed by atoms with van der Waals surface area (Å²) in [5.41, 5.74) is 9.80. The number of benzene rings is 2. The van der Waals surface area contributed by atoms with Gasteiger partial charge in [0.05, 0.1) is 7.11 Å². The van der Waals surface area contributed by atoms with Crippen molar-refractivity contribution in [1.29, 1.82) is 0 Å². The second-order valence-electron chi connectivity index (χ2n) is 5.51. The first-order chi connectivity index (χ1) is 10.7. The summed E-state index contributed by atoms with van der Waals surface area (Å²) in [7, 11) is 1.66. The molecule has 1 aliphatic heterocycles. The number of hydrogen-bond acceptors (Lipinski definition) is 3. The number of rotatable bonds is 3. The van der Waals surface area contributed by atoms with Crippen LogP contribution in [0.5, 0.6) is 5.75 Å². The predicted molar refractivity (Wildman–Crippen MR) is 93.0 cm³/mol. The molecule has 23 heavy (non-hydrogen) atoms. The summed E-state index contributed by atoms with van der Waals surface area (Å²) >= 11 is 0. The average molecular weight is 333 g/mol. The SMILES string of the molecule is COc1ccc2c(c1)CN(C(=O)c1ccc(CN)cc1)CC2.Cl. The molecule has 0 radical (unpaired) electrons. The fourth-order valence-corrected chi connectivity index (χ4v) is 2.80. The third kappa shape index (κ3) is 3.66. The first-order valence-electron chi connectivity index (χ1n) is 7.45. The van der Waals surface area contributed by atoms with Crippen LogP contribution in [0.4, 0.5) is 0 Å². The molecule has 0 aromatic heterocycles. The molecule has 2 aromatic rings. The van der Waals surface area contributed by atoms with Gasteiger partial charge in [-0.05, 0) is 47.4 Å². The second-order valence-corrected chi connectivity index (χ2v) is 5.51. The van der Waals surface area contributed by atoms with Crippen LogP contribution in [-0.4, -0.2) is 24.5 Å². The van der Waals surface area contributed by atoms with Gasteiger partial charge < -0.3 is 15.4 Å². The van der Waals surface area contributed by atoms with Crippen molar-refractivity contribution < 1.29 is 9.53 Å². The lowest BCUT2D eigenvalue weighted by Gasteiger charge is -2.29. The molecule has 2 N–H and O–H groups in total. The molecule has 0 bridgehead atoms. The predicted octanol–water partition coefficient (Wildman–Crippen LogP) is 2.77. The summed E-state index contributed by atoms with van der Waals surface area (Å²) in [6, 6.07) is 13.6. The first-order valence-corrected chi connectivity index (χ1v) is 7.45. The van der Waals surface area contributed by atoms with Gasteiger partial charge in [0.25, 0.3) is 5.91 Å². The lowest BCUT2D eigenvalue weighted by molar-refractivity contribution is 0.0734. The molecule has 0 atom stereocenters. The van der Waals surface area contributed by atoms with Crippen LogP contribution in [0.1, 0.15) is 27.0 Å². The van der Waals surface area contributed by atoms with Gasteiger partial charge in [-0.1, -0.05) is 18.2 Å². The zero-order valence-corrected chi connectivity index (χ0v) is 13.9. The van der Waals surface area contributed by atoms with Crippen LogP contribution < -0.4 is 10.5 Å². The molecular weight excluding hydrogens is 312 g/mol. The summed E-state index contributed by atoms with van der Waals surface area (Å²) in [5, 5.41) is 0. The van der Waals surface area contributed by atoms with Gasteiger partial charge in [0.2, 0.25) is 0 Å². The minimum absolute atomic E-state index is 0. The topological polar surface area (TPSA) is 55.6 Å². The molecule has 1 heterocycles. The van der Waals surface area contributed by atoms with E-state index in [1.807, 2.05) is 41.3 Å². The molecule has 0 fully saturated rings. The minimum Gasteiger partial charge on any atom is -0.497 e. The van der Waals surface area contributed by atoms with Gasteiger partial charge in [0.1, 0.15) is 5.75 Å². The monoisotopic (exact) mass is 332 g/mol. The zero-order valence-electron chi connectivity index (χ0n) is 13.1. The molecule has 1 aliphatic rings. The summed E-state index contributed by atoms with van der Waals surface area (Å²) in [4.78, 5) is 14.5. The van der Waals surface area contributed by atoms with Crippen LogP contribution in [-0.2, 0) is 19.5 Å². The van der Waals surface area contributed by atoms with Gasteiger partial charge in [-0.2, -0.15) is 0 Å². The van der Waals surface area contributed by atoms with Crippen molar-refractivity contribution in [2.45, 2.75) is 19.5 Å². The minimum atomic E-state index is 0. The fourth-order valence-electron chi connectivity index (χ4n) is 2.80. The van der Waals surface area contributed by atoms with Crippen molar-refractivity contribution in [3.8, 4) is 5.75 Å². The highest BCUT2D eigenvalue weighted by Gasteiger charge is 2.22. The molecule has 4 nitrogen and oxygen atoms in total. The van der Waals surface area contributed by atoms with Crippen molar-refractivity contribution in [2.75, 3.05) is 13.7 Å². The van der Waals surface area contributed by atoms with Crippen LogP contribution in [0.15, 0.2) is 42.5 Å². The Balaban J connectivity index is 0.00000192. The molecule has 3 rings (SSSR count). The molecule has 122 valence electrons. The molecule has 0 spiro atoms. The van der Waals surface area contributed by atoms with E-state index in [2.05, 4.69) is 6.07 Å².